The van der Waals surface area contributed by atoms with Crippen LogP contribution >= 0.6 is 46.4 Å². The Labute approximate surface area is 181 Å². The average molecular weight is 445 g/mol. The Hall–Kier alpha value is -0.600. The lowest BCUT2D eigenvalue weighted by molar-refractivity contribution is 0.553. The second kappa shape index (κ2) is 9.74. The largest absolute Gasteiger partial charge is 0.338 e. The summed E-state index contributed by atoms with van der Waals surface area (Å²) >= 11 is 25.6. The lowest BCUT2D eigenvalue weighted by Crippen LogP contribution is -1.99. The predicted molar refractivity (Wildman–Crippen MR) is 122 cm³/mol. The summed E-state index contributed by atoms with van der Waals surface area (Å²) in [4.78, 5) is 0. The van der Waals surface area contributed by atoms with Crippen molar-refractivity contribution in [3.8, 4) is 0 Å². The van der Waals surface area contributed by atoms with Crippen LogP contribution in [0.15, 0.2) is 24.3 Å². The van der Waals surface area contributed by atoms with Gasteiger partial charge in [-0.2, -0.15) is 0 Å². The Morgan fingerprint density at radius 2 is 1.07 bits per heavy atom. The molecule has 2 aromatic carbocycles. The van der Waals surface area contributed by atoms with Crippen LogP contribution in [0.5, 0.6) is 0 Å². The highest BCUT2D eigenvalue weighted by Crippen LogP contribution is 2.40. The van der Waals surface area contributed by atoms with Crippen molar-refractivity contribution in [2.24, 2.45) is 0 Å². The monoisotopic (exact) mass is 443 g/mol. The first-order valence-corrected chi connectivity index (χ1v) is 11.3. The number of rotatable bonds is 9. The van der Waals surface area contributed by atoms with Gasteiger partial charge in [0.25, 0.3) is 0 Å². The first-order chi connectivity index (χ1) is 13.0. The highest BCUT2D eigenvalue weighted by molar-refractivity contribution is 6.42. The van der Waals surface area contributed by atoms with Gasteiger partial charge in [-0.25, -0.2) is 0 Å². The molecule has 3 rings (SSSR count). The molecule has 1 nitrogen and oxygen atoms in total. The molecule has 0 saturated carbocycles. The van der Waals surface area contributed by atoms with E-state index in [0.717, 1.165) is 34.8 Å². The Kier molecular flexibility index (Phi) is 7.62. The Balaban J connectivity index is 1.83. The van der Waals surface area contributed by atoms with E-state index in [-0.39, 0.29) is 0 Å². The van der Waals surface area contributed by atoms with E-state index in [2.05, 4.69) is 11.5 Å². The number of unbranched alkanes of at least 4 members (excludes halogenated alkanes) is 7. The number of benzene rings is 2. The molecule has 1 heterocycles. The minimum absolute atomic E-state index is 0.620. The highest BCUT2D eigenvalue weighted by atomic mass is 35.5. The number of aromatic nitrogens is 1. The third kappa shape index (κ3) is 4.88. The predicted octanol–water partition coefficient (Wildman–Crippen LogP) is 9.55. The van der Waals surface area contributed by atoms with Crippen LogP contribution in [-0.4, -0.2) is 4.57 Å². The molecule has 0 unspecified atom stereocenters. The van der Waals surface area contributed by atoms with E-state index in [1.807, 2.05) is 12.1 Å². The number of fused-ring (bicyclic) bond motifs is 3. The quantitative estimate of drug-likeness (QED) is 0.289. The first kappa shape index (κ1) is 21.1. The highest BCUT2D eigenvalue weighted by Gasteiger charge is 2.17. The van der Waals surface area contributed by atoms with Crippen molar-refractivity contribution < 1.29 is 0 Å². The molecular weight excluding hydrogens is 420 g/mol. The zero-order chi connectivity index (χ0) is 19.4. The smallest absolute Gasteiger partial charge is 0.0682 e. The van der Waals surface area contributed by atoms with Gasteiger partial charge in [-0.1, -0.05) is 98.3 Å². The maximum atomic E-state index is 6.56. The van der Waals surface area contributed by atoms with Crippen LogP contribution in [0.1, 0.15) is 58.3 Å². The topological polar surface area (TPSA) is 4.93 Å². The van der Waals surface area contributed by atoms with Crippen molar-refractivity contribution in [2.45, 2.75) is 64.8 Å². The van der Waals surface area contributed by atoms with E-state index in [1.54, 1.807) is 12.1 Å². The molecule has 1 aromatic heterocycles. The molecule has 0 bridgehead atoms. The summed E-state index contributed by atoms with van der Waals surface area (Å²) in [6.45, 7) is 3.14. The summed E-state index contributed by atoms with van der Waals surface area (Å²) < 4.78 is 2.24. The first-order valence-electron chi connectivity index (χ1n) is 9.79. The Morgan fingerprint density at radius 1 is 0.630 bits per heavy atom. The van der Waals surface area contributed by atoms with Gasteiger partial charge in [0.2, 0.25) is 0 Å². The molecule has 5 heteroatoms. The van der Waals surface area contributed by atoms with Gasteiger partial charge in [-0.15, -0.1) is 0 Å². The maximum absolute atomic E-state index is 6.56. The van der Waals surface area contributed by atoms with Crippen molar-refractivity contribution in [1.29, 1.82) is 0 Å². The molecule has 0 aliphatic rings. The second-order valence-corrected chi connectivity index (χ2v) is 8.88. The standard InChI is InChI=1S/C22H25Cl4N/c1-2-3-4-5-6-7-8-9-10-27-21-17(11-15(23)13-19(21)25)18-12-16(24)14-20(26)22(18)27/h11-14H,2-10H2,1H3. The molecule has 0 saturated heterocycles. The third-order valence-electron chi connectivity index (χ3n) is 5.12. The fraction of sp³-hybridized carbons (Fsp3) is 0.455. The van der Waals surface area contributed by atoms with Gasteiger partial charge in [0.15, 0.2) is 0 Å². The van der Waals surface area contributed by atoms with Gasteiger partial charge in [0.1, 0.15) is 0 Å². The van der Waals surface area contributed by atoms with Crippen molar-refractivity contribution in [2.75, 3.05) is 0 Å². The molecule has 3 aromatic rings. The van der Waals surface area contributed by atoms with Crippen molar-refractivity contribution >= 4 is 68.2 Å². The second-order valence-electron chi connectivity index (χ2n) is 7.19. The number of halogens is 4. The molecule has 0 N–H and O–H groups in total. The van der Waals surface area contributed by atoms with Crippen LogP contribution in [0, 0.1) is 0 Å². The van der Waals surface area contributed by atoms with Crippen LogP contribution in [0.4, 0.5) is 0 Å². The van der Waals surface area contributed by atoms with E-state index in [0.29, 0.717) is 20.1 Å². The minimum atomic E-state index is 0.620. The number of hydrogen-bond donors (Lipinski definition) is 0. The lowest BCUT2D eigenvalue weighted by atomic mass is 10.1. The summed E-state index contributed by atoms with van der Waals surface area (Å²) in [7, 11) is 0. The van der Waals surface area contributed by atoms with Crippen LogP contribution < -0.4 is 0 Å². The zero-order valence-corrected chi connectivity index (χ0v) is 18.7. The number of aryl methyl sites for hydroxylation is 1. The van der Waals surface area contributed by atoms with Crippen molar-refractivity contribution in [1.82, 2.24) is 4.57 Å². The number of nitrogens with zero attached hydrogens (tertiary/aromatic N) is 1. The number of hydrogen-bond acceptors (Lipinski definition) is 0. The molecule has 0 radical (unpaired) electrons. The van der Waals surface area contributed by atoms with E-state index in [4.69, 9.17) is 46.4 Å². The van der Waals surface area contributed by atoms with E-state index in [9.17, 15) is 0 Å². The van der Waals surface area contributed by atoms with Gasteiger partial charge in [-0.05, 0) is 30.7 Å². The molecule has 0 aliphatic carbocycles. The fourth-order valence-electron chi connectivity index (χ4n) is 3.83. The van der Waals surface area contributed by atoms with E-state index >= 15 is 0 Å². The molecule has 0 atom stereocenters. The minimum Gasteiger partial charge on any atom is -0.338 e. The molecule has 0 aliphatic heterocycles. The van der Waals surface area contributed by atoms with E-state index < -0.39 is 0 Å². The summed E-state index contributed by atoms with van der Waals surface area (Å²) in [6, 6.07) is 7.48. The van der Waals surface area contributed by atoms with Crippen LogP contribution in [0.3, 0.4) is 0 Å². The van der Waals surface area contributed by atoms with Gasteiger partial charge in [0, 0.05) is 27.4 Å². The summed E-state index contributed by atoms with van der Waals surface area (Å²) in [5.74, 6) is 0. The van der Waals surface area contributed by atoms with Gasteiger partial charge < -0.3 is 4.57 Å². The van der Waals surface area contributed by atoms with Gasteiger partial charge >= 0.3 is 0 Å². The Morgan fingerprint density at radius 3 is 1.56 bits per heavy atom. The Bertz CT molecular complexity index is 864. The normalized spacial score (nSPS) is 11.7. The van der Waals surface area contributed by atoms with Crippen LogP contribution in [-0.2, 0) is 6.54 Å². The molecule has 0 spiro atoms. The van der Waals surface area contributed by atoms with Crippen molar-refractivity contribution in [3.05, 3.63) is 44.4 Å². The van der Waals surface area contributed by atoms with Crippen LogP contribution in [0.2, 0.25) is 20.1 Å². The SMILES string of the molecule is CCCCCCCCCCn1c2c(Cl)cc(Cl)cc2c2cc(Cl)cc(Cl)c21. The fourth-order valence-corrected chi connectivity index (χ4v) is 5.02. The molecular formula is C22H25Cl4N. The van der Waals surface area contributed by atoms with Gasteiger partial charge in [0.05, 0.1) is 21.1 Å². The molecule has 27 heavy (non-hydrogen) atoms. The van der Waals surface area contributed by atoms with E-state index in [1.165, 1.54) is 44.9 Å². The zero-order valence-electron chi connectivity index (χ0n) is 15.6. The third-order valence-corrected chi connectivity index (χ3v) is 6.13. The lowest BCUT2D eigenvalue weighted by Gasteiger charge is -2.10. The maximum Gasteiger partial charge on any atom is 0.0682 e. The van der Waals surface area contributed by atoms with Gasteiger partial charge in [-0.3, -0.25) is 0 Å². The average Bonchev–Trinajstić information content (AvgIpc) is 2.91. The molecule has 146 valence electrons. The summed E-state index contributed by atoms with van der Waals surface area (Å²) in [5.41, 5.74) is 1.98. The summed E-state index contributed by atoms with van der Waals surface area (Å²) in [5, 5.41) is 4.56. The molecule has 0 fully saturated rings. The molecule has 0 amide bonds. The van der Waals surface area contributed by atoms with Crippen LogP contribution in [0.25, 0.3) is 21.8 Å². The summed E-state index contributed by atoms with van der Waals surface area (Å²) in [6.07, 6.45) is 10.3. The van der Waals surface area contributed by atoms with Crippen molar-refractivity contribution in [3.63, 3.8) is 0 Å².